The Hall–Kier alpha value is -1.68. The molecule has 0 atom stereocenters. The van der Waals surface area contributed by atoms with Crippen LogP contribution in [0, 0.1) is 0 Å². The van der Waals surface area contributed by atoms with Gasteiger partial charge in [-0.2, -0.15) is 0 Å². The molecule has 0 unspecified atom stereocenters. The molecule has 3 nitrogen and oxygen atoms in total. The van der Waals surface area contributed by atoms with Crippen molar-refractivity contribution in [3.05, 3.63) is 64.4 Å². The highest BCUT2D eigenvalue weighted by atomic mass is 79.9. The van der Waals surface area contributed by atoms with E-state index in [9.17, 15) is 4.79 Å². The van der Waals surface area contributed by atoms with Crippen LogP contribution in [-0.4, -0.2) is 22.8 Å². The van der Waals surface area contributed by atoms with Gasteiger partial charge in [0.1, 0.15) is 0 Å². The summed E-state index contributed by atoms with van der Waals surface area (Å²) in [6, 6.07) is 11.2. The summed E-state index contributed by atoms with van der Waals surface area (Å²) in [7, 11) is 1.80. The number of carbonyl (C=O) groups excluding carboxylic acids is 1. The first-order valence-corrected chi connectivity index (χ1v) is 6.36. The van der Waals surface area contributed by atoms with E-state index in [1.54, 1.807) is 24.3 Å². The van der Waals surface area contributed by atoms with Crippen LogP contribution in [0.25, 0.3) is 0 Å². The van der Waals surface area contributed by atoms with Gasteiger partial charge in [-0.3, -0.25) is 9.78 Å². The van der Waals surface area contributed by atoms with Gasteiger partial charge in [-0.1, -0.05) is 22.0 Å². The molecule has 0 saturated heterocycles. The third kappa shape index (κ3) is 3.17. The van der Waals surface area contributed by atoms with Crippen LogP contribution in [0.3, 0.4) is 0 Å². The first kappa shape index (κ1) is 12.8. The van der Waals surface area contributed by atoms with Crippen molar-refractivity contribution in [2.45, 2.75) is 6.54 Å². The zero-order valence-corrected chi connectivity index (χ0v) is 11.6. The average molecular weight is 305 g/mol. The number of carbonyl (C=O) groups is 1. The van der Waals surface area contributed by atoms with Crippen molar-refractivity contribution < 1.29 is 4.79 Å². The highest BCUT2D eigenvalue weighted by Crippen LogP contribution is 2.14. The molecule has 0 aliphatic rings. The van der Waals surface area contributed by atoms with E-state index in [-0.39, 0.29) is 5.91 Å². The van der Waals surface area contributed by atoms with E-state index in [4.69, 9.17) is 0 Å². The van der Waals surface area contributed by atoms with Gasteiger partial charge in [-0.05, 0) is 35.9 Å². The summed E-state index contributed by atoms with van der Waals surface area (Å²) in [5.74, 6) is 0.00751. The van der Waals surface area contributed by atoms with Crippen LogP contribution in [0.5, 0.6) is 0 Å². The predicted octanol–water partition coefficient (Wildman–Crippen LogP) is 3.12. The number of halogens is 1. The first-order chi connectivity index (χ1) is 8.66. The van der Waals surface area contributed by atoms with Crippen LogP contribution in [0.15, 0.2) is 53.3 Å². The fourth-order valence-corrected chi connectivity index (χ4v) is 2.07. The van der Waals surface area contributed by atoms with Crippen LogP contribution in [-0.2, 0) is 6.54 Å². The summed E-state index contributed by atoms with van der Waals surface area (Å²) in [6.45, 7) is 0.577. The molecule has 2 rings (SSSR count). The highest BCUT2D eigenvalue weighted by Gasteiger charge is 2.11. The van der Waals surface area contributed by atoms with Gasteiger partial charge >= 0.3 is 0 Å². The maximum atomic E-state index is 12.2. The molecule has 1 heterocycles. The summed E-state index contributed by atoms with van der Waals surface area (Å²) in [6.07, 6.45) is 3.46. The molecule has 0 bridgehead atoms. The normalized spacial score (nSPS) is 10.1. The predicted molar refractivity (Wildman–Crippen MR) is 74.2 cm³/mol. The van der Waals surface area contributed by atoms with Crippen molar-refractivity contribution in [3.8, 4) is 0 Å². The largest absolute Gasteiger partial charge is 0.337 e. The van der Waals surface area contributed by atoms with E-state index in [0.29, 0.717) is 12.1 Å². The van der Waals surface area contributed by atoms with Crippen molar-refractivity contribution in [2.24, 2.45) is 0 Å². The quantitative estimate of drug-likeness (QED) is 0.873. The Morgan fingerprint density at radius 2 is 2.00 bits per heavy atom. The van der Waals surface area contributed by atoms with Crippen molar-refractivity contribution in [2.75, 3.05) is 7.05 Å². The SMILES string of the molecule is CN(Cc1ccncc1)C(=O)c1cccc(Br)c1. The maximum Gasteiger partial charge on any atom is 0.253 e. The lowest BCUT2D eigenvalue weighted by molar-refractivity contribution is 0.0785. The minimum Gasteiger partial charge on any atom is -0.337 e. The number of hydrogen-bond acceptors (Lipinski definition) is 2. The molecule has 0 saturated carbocycles. The summed E-state index contributed by atoms with van der Waals surface area (Å²) >= 11 is 3.37. The van der Waals surface area contributed by atoms with Crippen LogP contribution in [0.1, 0.15) is 15.9 Å². The van der Waals surface area contributed by atoms with Crippen molar-refractivity contribution in [3.63, 3.8) is 0 Å². The molecule has 4 heteroatoms. The second-order valence-corrected chi connectivity index (χ2v) is 4.94. The third-order valence-electron chi connectivity index (χ3n) is 2.59. The second-order valence-electron chi connectivity index (χ2n) is 4.03. The van der Waals surface area contributed by atoms with Gasteiger partial charge in [-0.25, -0.2) is 0 Å². The summed E-state index contributed by atoms with van der Waals surface area (Å²) in [5, 5.41) is 0. The number of rotatable bonds is 3. The Kier molecular flexibility index (Phi) is 4.10. The molecule has 0 spiro atoms. The number of amides is 1. The van der Waals surface area contributed by atoms with E-state index in [2.05, 4.69) is 20.9 Å². The molecular weight excluding hydrogens is 292 g/mol. The zero-order chi connectivity index (χ0) is 13.0. The Bertz CT molecular complexity index is 543. The first-order valence-electron chi connectivity index (χ1n) is 5.57. The van der Waals surface area contributed by atoms with Crippen LogP contribution < -0.4 is 0 Å². The molecule has 2 aromatic rings. The summed E-state index contributed by atoms with van der Waals surface area (Å²) < 4.78 is 0.908. The molecule has 1 amide bonds. The molecule has 92 valence electrons. The fraction of sp³-hybridized carbons (Fsp3) is 0.143. The Morgan fingerprint density at radius 3 is 2.67 bits per heavy atom. The number of benzene rings is 1. The Labute approximate surface area is 115 Å². The van der Waals surface area contributed by atoms with E-state index < -0.39 is 0 Å². The third-order valence-corrected chi connectivity index (χ3v) is 3.08. The molecule has 1 aromatic carbocycles. The standard InChI is InChI=1S/C14H13BrN2O/c1-17(10-11-5-7-16-8-6-11)14(18)12-3-2-4-13(15)9-12/h2-9H,10H2,1H3. The topological polar surface area (TPSA) is 33.2 Å². The molecule has 0 fully saturated rings. The lowest BCUT2D eigenvalue weighted by Gasteiger charge is -2.17. The van der Waals surface area contributed by atoms with Crippen LogP contribution in [0.2, 0.25) is 0 Å². The minimum absolute atomic E-state index is 0.00751. The van der Waals surface area contributed by atoms with Crippen molar-refractivity contribution in [1.82, 2.24) is 9.88 Å². The molecule has 0 aliphatic carbocycles. The molecular formula is C14H13BrN2O. The number of hydrogen-bond donors (Lipinski definition) is 0. The Balaban J connectivity index is 2.10. The van der Waals surface area contributed by atoms with Crippen LogP contribution >= 0.6 is 15.9 Å². The molecule has 0 N–H and O–H groups in total. The summed E-state index contributed by atoms with van der Waals surface area (Å²) in [4.78, 5) is 17.8. The summed E-state index contributed by atoms with van der Waals surface area (Å²) in [5.41, 5.74) is 1.75. The van der Waals surface area contributed by atoms with E-state index in [0.717, 1.165) is 10.0 Å². The number of nitrogens with zero attached hydrogens (tertiary/aromatic N) is 2. The number of pyridine rings is 1. The van der Waals surface area contributed by atoms with Gasteiger partial charge in [0, 0.05) is 36.0 Å². The van der Waals surface area contributed by atoms with E-state index in [1.807, 2.05) is 36.4 Å². The van der Waals surface area contributed by atoms with E-state index in [1.165, 1.54) is 0 Å². The zero-order valence-electron chi connectivity index (χ0n) is 10.0. The molecule has 0 aliphatic heterocycles. The maximum absolute atomic E-state index is 12.2. The molecule has 1 aromatic heterocycles. The van der Waals surface area contributed by atoms with Crippen molar-refractivity contribution >= 4 is 21.8 Å². The Morgan fingerprint density at radius 1 is 1.28 bits per heavy atom. The van der Waals surface area contributed by atoms with Gasteiger partial charge in [0.25, 0.3) is 5.91 Å². The minimum atomic E-state index is 0.00751. The second kappa shape index (κ2) is 5.78. The van der Waals surface area contributed by atoms with Gasteiger partial charge < -0.3 is 4.90 Å². The van der Waals surface area contributed by atoms with Crippen LogP contribution in [0.4, 0.5) is 0 Å². The van der Waals surface area contributed by atoms with Gasteiger partial charge in [0.05, 0.1) is 0 Å². The van der Waals surface area contributed by atoms with E-state index >= 15 is 0 Å². The number of aromatic nitrogens is 1. The fourth-order valence-electron chi connectivity index (χ4n) is 1.68. The average Bonchev–Trinajstić information content (AvgIpc) is 2.39. The molecule has 0 radical (unpaired) electrons. The highest BCUT2D eigenvalue weighted by molar-refractivity contribution is 9.10. The van der Waals surface area contributed by atoms with Gasteiger partial charge in [0.15, 0.2) is 0 Å². The van der Waals surface area contributed by atoms with Gasteiger partial charge in [-0.15, -0.1) is 0 Å². The smallest absolute Gasteiger partial charge is 0.253 e. The lowest BCUT2D eigenvalue weighted by atomic mass is 10.2. The monoisotopic (exact) mass is 304 g/mol. The van der Waals surface area contributed by atoms with Gasteiger partial charge in [0.2, 0.25) is 0 Å². The van der Waals surface area contributed by atoms with Crippen molar-refractivity contribution in [1.29, 1.82) is 0 Å². The molecule has 18 heavy (non-hydrogen) atoms. The lowest BCUT2D eigenvalue weighted by Crippen LogP contribution is -2.26.